The maximum Gasteiger partial charge on any atom is 0.573 e. The van der Waals surface area contributed by atoms with Crippen LogP contribution in [-0.4, -0.2) is 33.8 Å². The van der Waals surface area contributed by atoms with E-state index in [-0.39, 0.29) is 36.7 Å². The molecule has 28 heavy (non-hydrogen) atoms. The van der Waals surface area contributed by atoms with Gasteiger partial charge in [0.05, 0.1) is 11.7 Å². The molecule has 0 saturated carbocycles. The van der Waals surface area contributed by atoms with Gasteiger partial charge in [0.1, 0.15) is 10.6 Å². The van der Waals surface area contributed by atoms with Gasteiger partial charge in [-0.3, -0.25) is 14.2 Å². The minimum Gasteiger partial charge on any atom is -0.406 e. The molecule has 0 unspecified atom stereocenters. The first-order valence-corrected chi connectivity index (χ1v) is 9.12. The topological polar surface area (TPSA) is 64.4 Å². The van der Waals surface area contributed by atoms with Gasteiger partial charge in [-0.15, -0.1) is 24.5 Å². The number of thiophene rings is 1. The fourth-order valence-corrected chi connectivity index (χ4v) is 3.34. The molecule has 0 spiro atoms. The normalized spacial score (nSPS) is 11.6. The molecule has 2 heterocycles. The number of alkyl halides is 3. The zero-order chi connectivity index (χ0) is 20.3. The Labute approximate surface area is 161 Å². The van der Waals surface area contributed by atoms with Crippen LogP contribution in [0.1, 0.15) is 12.0 Å². The molecule has 0 N–H and O–H groups in total. The lowest BCUT2D eigenvalue weighted by Crippen LogP contribution is -2.29. The number of carbonyl (C=O) groups excluding carboxylic acids is 1. The molecule has 0 fully saturated rings. The number of aryl methyl sites for hydroxylation is 1. The molecule has 0 aliphatic carbocycles. The van der Waals surface area contributed by atoms with Crippen LogP contribution in [0, 0.1) is 0 Å². The number of halogens is 3. The highest BCUT2D eigenvalue weighted by atomic mass is 32.1. The van der Waals surface area contributed by atoms with Gasteiger partial charge in [-0.25, -0.2) is 4.98 Å². The van der Waals surface area contributed by atoms with Crippen LogP contribution in [-0.2, 0) is 17.9 Å². The Balaban J connectivity index is 1.57. The summed E-state index contributed by atoms with van der Waals surface area (Å²) in [5.74, 6) is -0.520. The van der Waals surface area contributed by atoms with Gasteiger partial charge in [0.25, 0.3) is 5.56 Å². The lowest BCUT2D eigenvalue weighted by atomic mass is 10.2. The van der Waals surface area contributed by atoms with Crippen molar-refractivity contribution in [2.75, 3.05) is 7.05 Å². The Morgan fingerprint density at radius 3 is 2.64 bits per heavy atom. The van der Waals surface area contributed by atoms with Crippen LogP contribution < -0.4 is 10.3 Å². The highest BCUT2D eigenvalue weighted by molar-refractivity contribution is 7.16. The highest BCUT2D eigenvalue weighted by Gasteiger charge is 2.30. The predicted octanol–water partition coefficient (Wildman–Crippen LogP) is 3.41. The molecule has 3 rings (SSSR count). The van der Waals surface area contributed by atoms with Crippen LogP contribution in [0.4, 0.5) is 13.2 Å². The number of fused-ring (bicyclic) bond motifs is 1. The number of ether oxygens (including phenoxy) is 1. The molecule has 0 aliphatic heterocycles. The van der Waals surface area contributed by atoms with E-state index in [1.807, 2.05) is 0 Å². The van der Waals surface area contributed by atoms with E-state index in [1.54, 1.807) is 18.5 Å². The minimum atomic E-state index is -4.74. The van der Waals surface area contributed by atoms with Crippen molar-refractivity contribution in [2.24, 2.45) is 0 Å². The standard InChI is InChI=1S/C18H16F3N3O3S/c1-23(10-12-2-4-13(5-3-12)27-18(19,20)21)15(25)6-8-24-11-22-16-14(17(24)26)7-9-28-16/h2-5,7,9,11H,6,8,10H2,1H3. The second-order valence-corrected chi connectivity index (χ2v) is 6.97. The van der Waals surface area contributed by atoms with Crippen molar-refractivity contribution < 1.29 is 22.7 Å². The van der Waals surface area contributed by atoms with E-state index in [0.29, 0.717) is 15.8 Å². The fraction of sp³-hybridized carbons (Fsp3) is 0.278. The van der Waals surface area contributed by atoms with E-state index >= 15 is 0 Å². The van der Waals surface area contributed by atoms with Crippen LogP contribution >= 0.6 is 11.3 Å². The van der Waals surface area contributed by atoms with E-state index in [2.05, 4.69) is 9.72 Å². The van der Waals surface area contributed by atoms with Crippen molar-refractivity contribution in [3.05, 3.63) is 58.0 Å². The second kappa shape index (κ2) is 8.01. The van der Waals surface area contributed by atoms with Gasteiger partial charge in [-0.05, 0) is 29.1 Å². The maximum absolute atomic E-state index is 12.3. The maximum atomic E-state index is 12.3. The van der Waals surface area contributed by atoms with Crippen molar-refractivity contribution in [1.29, 1.82) is 0 Å². The quantitative estimate of drug-likeness (QED) is 0.624. The average molecular weight is 411 g/mol. The van der Waals surface area contributed by atoms with Crippen molar-refractivity contribution in [2.45, 2.75) is 25.9 Å². The van der Waals surface area contributed by atoms with Crippen molar-refractivity contribution in [3.8, 4) is 5.75 Å². The van der Waals surface area contributed by atoms with Gasteiger partial charge < -0.3 is 9.64 Å². The zero-order valence-corrected chi connectivity index (χ0v) is 15.6. The molecule has 1 amide bonds. The first-order chi connectivity index (χ1) is 13.2. The zero-order valence-electron chi connectivity index (χ0n) is 14.8. The molecule has 10 heteroatoms. The summed E-state index contributed by atoms with van der Waals surface area (Å²) >= 11 is 1.37. The van der Waals surface area contributed by atoms with Crippen LogP contribution in [0.15, 0.2) is 46.8 Å². The number of rotatable bonds is 6. The summed E-state index contributed by atoms with van der Waals surface area (Å²) in [6.45, 7) is 0.418. The molecule has 2 aromatic heterocycles. The Bertz CT molecular complexity index is 1030. The number of hydrogen-bond donors (Lipinski definition) is 0. The summed E-state index contributed by atoms with van der Waals surface area (Å²) in [6, 6.07) is 7.02. The summed E-state index contributed by atoms with van der Waals surface area (Å²) < 4.78 is 41.7. The van der Waals surface area contributed by atoms with E-state index in [1.165, 1.54) is 51.4 Å². The Kier molecular flexibility index (Phi) is 5.68. The molecule has 3 aromatic rings. The van der Waals surface area contributed by atoms with Crippen molar-refractivity contribution >= 4 is 27.5 Å². The largest absolute Gasteiger partial charge is 0.573 e. The monoisotopic (exact) mass is 411 g/mol. The molecule has 0 bridgehead atoms. The van der Waals surface area contributed by atoms with Gasteiger partial charge in [0, 0.05) is 26.6 Å². The van der Waals surface area contributed by atoms with Crippen LogP contribution in [0.5, 0.6) is 5.75 Å². The van der Waals surface area contributed by atoms with Gasteiger partial charge in [0.2, 0.25) is 5.91 Å². The number of nitrogens with zero attached hydrogens (tertiary/aromatic N) is 3. The van der Waals surface area contributed by atoms with E-state index in [9.17, 15) is 22.8 Å². The second-order valence-electron chi connectivity index (χ2n) is 6.07. The highest BCUT2D eigenvalue weighted by Crippen LogP contribution is 2.23. The Hall–Kier alpha value is -2.88. The summed E-state index contributed by atoms with van der Waals surface area (Å²) in [6.07, 6.45) is -3.22. The summed E-state index contributed by atoms with van der Waals surface area (Å²) in [5, 5.41) is 2.31. The molecular weight excluding hydrogens is 395 g/mol. The molecule has 0 aliphatic rings. The SMILES string of the molecule is CN(Cc1ccc(OC(F)(F)F)cc1)C(=O)CCn1cnc2sccc2c1=O. The number of aromatic nitrogens is 2. The summed E-state index contributed by atoms with van der Waals surface area (Å²) in [4.78, 5) is 30.9. The van der Waals surface area contributed by atoms with Crippen LogP contribution in [0.25, 0.3) is 10.2 Å². The summed E-state index contributed by atoms with van der Waals surface area (Å²) in [7, 11) is 1.59. The Morgan fingerprint density at radius 1 is 1.25 bits per heavy atom. The smallest absolute Gasteiger partial charge is 0.406 e. The number of carbonyl (C=O) groups is 1. The first kappa shape index (κ1) is 19.9. The number of hydrogen-bond acceptors (Lipinski definition) is 5. The average Bonchev–Trinajstić information content (AvgIpc) is 3.11. The third-order valence-corrected chi connectivity index (χ3v) is 4.84. The molecule has 0 atom stereocenters. The van der Waals surface area contributed by atoms with Gasteiger partial charge >= 0.3 is 6.36 Å². The number of benzene rings is 1. The summed E-state index contributed by atoms with van der Waals surface area (Å²) in [5.41, 5.74) is 0.464. The lowest BCUT2D eigenvalue weighted by Gasteiger charge is -2.18. The molecule has 0 radical (unpaired) electrons. The van der Waals surface area contributed by atoms with Crippen molar-refractivity contribution in [3.63, 3.8) is 0 Å². The van der Waals surface area contributed by atoms with E-state index in [4.69, 9.17) is 0 Å². The van der Waals surface area contributed by atoms with E-state index < -0.39 is 6.36 Å². The van der Waals surface area contributed by atoms with Crippen molar-refractivity contribution in [1.82, 2.24) is 14.5 Å². The van der Waals surface area contributed by atoms with E-state index in [0.717, 1.165) is 0 Å². The van der Waals surface area contributed by atoms with Crippen LogP contribution in [0.2, 0.25) is 0 Å². The number of amides is 1. The first-order valence-electron chi connectivity index (χ1n) is 8.24. The molecule has 1 aromatic carbocycles. The third-order valence-electron chi connectivity index (χ3n) is 4.02. The fourth-order valence-electron chi connectivity index (χ4n) is 2.62. The minimum absolute atomic E-state index is 0.100. The third kappa shape index (κ3) is 4.89. The van der Waals surface area contributed by atoms with Crippen LogP contribution in [0.3, 0.4) is 0 Å². The lowest BCUT2D eigenvalue weighted by molar-refractivity contribution is -0.274. The van der Waals surface area contributed by atoms with Gasteiger partial charge in [0.15, 0.2) is 0 Å². The predicted molar refractivity (Wildman–Crippen MR) is 98.1 cm³/mol. The molecule has 6 nitrogen and oxygen atoms in total. The molecule has 0 saturated heterocycles. The molecular formula is C18H16F3N3O3S. The molecule has 148 valence electrons. The van der Waals surface area contributed by atoms with Gasteiger partial charge in [-0.2, -0.15) is 0 Å². The van der Waals surface area contributed by atoms with Gasteiger partial charge in [-0.1, -0.05) is 12.1 Å². The Morgan fingerprint density at radius 2 is 1.96 bits per heavy atom.